The van der Waals surface area contributed by atoms with Crippen LogP contribution in [0.15, 0.2) is 23.2 Å². The van der Waals surface area contributed by atoms with Crippen LogP contribution in [0.1, 0.15) is 65.9 Å². The molecule has 1 aromatic carbocycles. The van der Waals surface area contributed by atoms with Gasteiger partial charge in [-0.2, -0.15) is 0 Å². The van der Waals surface area contributed by atoms with Crippen LogP contribution in [0.2, 0.25) is 0 Å². The molecule has 2 rings (SSSR count). The number of rotatable bonds is 10. The zero-order valence-corrected chi connectivity index (χ0v) is 20.6. The standard InChI is InChI=1S/C25H42FN5O/c1-6-20(7-2)24(32)31-15-13-21(14-16-31)29-25(27-8-3)28-18-19-11-12-23(22(26)17-19)30(9-4)10-5/h11-12,17,20-21H,6-10,13-16,18H2,1-5H3,(H2,27,28,29). The number of anilines is 1. The van der Waals surface area contributed by atoms with Gasteiger partial charge in [0.2, 0.25) is 5.91 Å². The highest BCUT2D eigenvalue weighted by Gasteiger charge is 2.26. The number of carbonyl (C=O) groups is 1. The summed E-state index contributed by atoms with van der Waals surface area (Å²) in [5.41, 5.74) is 1.49. The number of amides is 1. The SMILES string of the molecule is CCNC(=NCc1ccc(N(CC)CC)c(F)c1)NC1CCN(C(=O)C(CC)CC)CC1. The number of guanidine groups is 1. The van der Waals surface area contributed by atoms with Crippen molar-refractivity contribution >= 4 is 17.6 Å². The van der Waals surface area contributed by atoms with Crippen LogP contribution < -0.4 is 15.5 Å². The molecule has 6 nitrogen and oxygen atoms in total. The zero-order valence-electron chi connectivity index (χ0n) is 20.6. The Kier molecular flexibility index (Phi) is 10.8. The monoisotopic (exact) mass is 447 g/mol. The molecular formula is C25H42FN5O. The van der Waals surface area contributed by atoms with E-state index in [0.29, 0.717) is 18.1 Å². The lowest BCUT2D eigenvalue weighted by atomic mass is 9.98. The minimum atomic E-state index is -0.200. The fourth-order valence-corrected chi connectivity index (χ4v) is 4.29. The summed E-state index contributed by atoms with van der Waals surface area (Å²) in [4.78, 5) is 21.3. The highest BCUT2D eigenvalue weighted by atomic mass is 19.1. The smallest absolute Gasteiger partial charge is 0.225 e. The van der Waals surface area contributed by atoms with Gasteiger partial charge in [-0.05, 0) is 64.2 Å². The van der Waals surface area contributed by atoms with E-state index >= 15 is 0 Å². The Morgan fingerprint density at radius 1 is 1.16 bits per heavy atom. The lowest BCUT2D eigenvalue weighted by molar-refractivity contribution is -0.136. The Morgan fingerprint density at radius 3 is 2.34 bits per heavy atom. The Hall–Kier alpha value is -2.31. The van der Waals surface area contributed by atoms with Gasteiger partial charge < -0.3 is 20.4 Å². The van der Waals surface area contributed by atoms with Gasteiger partial charge in [0, 0.05) is 44.7 Å². The van der Waals surface area contributed by atoms with Crippen molar-refractivity contribution in [1.82, 2.24) is 15.5 Å². The molecule has 0 radical (unpaired) electrons. The molecule has 1 aliphatic heterocycles. The third-order valence-electron chi connectivity index (χ3n) is 6.36. The second kappa shape index (κ2) is 13.3. The molecule has 2 N–H and O–H groups in total. The van der Waals surface area contributed by atoms with Gasteiger partial charge in [-0.3, -0.25) is 4.79 Å². The molecule has 0 spiro atoms. The van der Waals surface area contributed by atoms with Gasteiger partial charge in [-0.15, -0.1) is 0 Å². The fourth-order valence-electron chi connectivity index (χ4n) is 4.29. The Bertz CT molecular complexity index is 738. The zero-order chi connectivity index (χ0) is 23.5. The first-order valence-electron chi connectivity index (χ1n) is 12.3. The number of carbonyl (C=O) groups excluding carboxylic acids is 1. The van der Waals surface area contributed by atoms with Crippen molar-refractivity contribution in [2.45, 2.75) is 72.9 Å². The number of hydrogen-bond donors (Lipinski definition) is 2. The fraction of sp³-hybridized carbons (Fsp3) is 0.680. The maximum Gasteiger partial charge on any atom is 0.225 e. The summed E-state index contributed by atoms with van der Waals surface area (Å²) in [6, 6.07) is 5.66. The summed E-state index contributed by atoms with van der Waals surface area (Å²) in [6.07, 6.45) is 3.62. The molecule has 0 atom stereocenters. The molecule has 0 unspecified atom stereocenters. The first-order valence-corrected chi connectivity index (χ1v) is 12.3. The van der Waals surface area contributed by atoms with Crippen molar-refractivity contribution in [2.75, 3.05) is 37.6 Å². The van der Waals surface area contributed by atoms with Gasteiger partial charge in [0.25, 0.3) is 0 Å². The van der Waals surface area contributed by atoms with Crippen molar-refractivity contribution in [2.24, 2.45) is 10.9 Å². The maximum absolute atomic E-state index is 14.6. The molecule has 180 valence electrons. The molecular weight excluding hydrogens is 405 g/mol. The van der Waals surface area contributed by atoms with Crippen LogP contribution in [0.4, 0.5) is 10.1 Å². The van der Waals surface area contributed by atoms with Gasteiger partial charge in [0.1, 0.15) is 5.82 Å². The van der Waals surface area contributed by atoms with Crippen molar-refractivity contribution in [3.63, 3.8) is 0 Å². The van der Waals surface area contributed by atoms with E-state index in [1.165, 1.54) is 0 Å². The summed E-state index contributed by atoms with van der Waals surface area (Å²) in [5.74, 6) is 0.982. The van der Waals surface area contributed by atoms with Crippen molar-refractivity contribution in [1.29, 1.82) is 0 Å². The van der Waals surface area contributed by atoms with Crippen molar-refractivity contribution < 1.29 is 9.18 Å². The van der Waals surface area contributed by atoms with Gasteiger partial charge in [0.15, 0.2) is 5.96 Å². The van der Waals surface area contributed by atoms with E-state index in [0.717, 1.165) is 69.9 Å². The summed E-state index contributed by atoms with van der Waals surface area (Å²) >= 11 is 0. The predicted octanol–water partition coefficient (Wildman–Crippen LogP) is 4.15. The number of piperidine rings is 1. The predicted molar refractivity (Wildman–Crippen MR) is 132 cm³/mol. The first-order chi connectivity index (χ1) is 15.5. The number of nitrogens with zero attached hydrogens (tertiary/aromatic N) is 3. The topological polar surface area (TPSA) is 60.0 Å². The number of nitrogens with one attached hydrogen (secondary N) is 2. The van der Waals surface area contributed by atoms with Crippen LogP contribution in [-0.4, -0.2) is 55.5 Å². The quantitative estimate of drug-likeness (QED) is 0.418. The number of likely N-dealkylation sites (tertiary alicyclic amines) is 1. The maximum atomic E-state index is 14.6. The number of halogens is 1. The summed E-state index contributed by atoms with van der Waals surface area (Å²) in [5, 5.41) is 6.79. The van der Waals surface area contributed by atoms with Gasteiger partial charge >= 0.3 is 0 Å². The lowest BCUT2D eigenvalue weighted by Crippen LogP contribution is -2.50. The second-order valence-electron chi connectivity index (χ2n) is 8.41. The normalized spacial score (nSPS) is 15.2. The largest absolute Gasteiger partial charge is 0.370 e. The van der Waals surface area contributed by atoms with E-state index in [-0.39, 0.29) is 17.8 Å². The minimum absolute atomic E-state index is 0.145. The van der Waals surface area contributed by atoms with Crippen LogP contribution >= 0.6 is 0 Å². The lowest BCUT2D eigenvalue weighted by Gasteiger charge is -2.34. The Morgan fingerprint density at radius 2 is 1.81 bits per heavy atom. The summed E-state index contributed by atoms with van der Waals surface area (Å²) in [7, 11) is 0. The van der Waals surface area contributed by atoms with Crippen molar-refractivity contribution in [3.8, 4) is 0 Å². The average Bonchev–Trinajstić information content (AvgIpc) is 2.80. The van der Waals surface area contributed by atoms with E-state index in [9.17, 15) is 9.18 Å². The van der Waals surface area contributed by atoms with E-state index < -0.39 is 0 Å². The number of aliphatic imine (C=N–C) groups is 1. The van der Waals surface area contributed by atoms with E-state index in [1.807, 2.05) is 42.7 Å². The highest BCUT2D eigenvalue weighted by molar-refractivity contribution is 5.80. The third-order valence-corrected chi connectivity index (χ3v) is 6.36. The molecule has 1 fully saturated rings. The third kappa shape index (κ3) is 7.10. The first kappa shape index (κ1) is 25.9. The Labute approximate surface area is 193 Å². The summed E-state index contributed by atoms with van der Waals surface area (Å²) in [6.45, 7) is 14.6. The molecule has 7 heteroatoms. The number of hydrogen-bond acceptors (Lipinski definition) is 3. The molecule has 1 amide bonds. The molecule has 0 aliphatic carbocycles. The molecule has 0 saturated carbocycles. The van der Waals surface area contributed by atoms with Crippen molar-refractivity contribution in [3.05, 3.63) is 29.6 Å². The molecule has 1 saturated heterocycles. The minimum Gasteiger partial charge on any atom is -0.370 e. The van der Waals surface area contributed by atoms with E-state index in [4.69, 9.17) is 0 Å². The van der Waals surface area contributed by atoms with Crippen LogP contribution in [0.3, 0.4) is 0 Å². The second-order valence-corrected chi connectivity index (χ2v) is 8.41. The van der Waals surface area contributed by atoms with Gasteiger partial charge in [-0.25, -0.2) is 9.38 Å². The molecule has 1 heterocycles. The number of benzene rings is 1. The van der Waals surface area contributed by atoms with Crippen LogP contribution in [0, 0.1) is 11.7 Å². The Balaban J connectivity index is 1.95. The molecule has 1 aliphatic rings. The van der Waals surface area contributed by atoms with E-state index in [1.54, 1.807) is 6.07 Å². The van der Waals surface area contributed by atoms with Gasteiger partial charge in [0.05, 0.1) is 12.2 Å². The molecule has 0 bridgehead atoms. The van der Waals surface area contributed by atoms with E-state index in [2.05, 4.69) is 29.5 Å². The van der Waals surface area contributed by atoms with Crippen LogP contribution in [-0.2, 0) is 11.3 Å². The summed E-state index contributed by atoms with van der Waals surface area (Å²) < 4.78 is 14.6. The molecule has 1 aromatic rings. The molecule has 32 heavy (non-hydrogen) atoms. The van der Waals surface area contributed by atoms with Crippen LogP contribution in [0.25, 0.3) is 0 Å². The highest BCUT2D eigenvalue weighted by Crippen LogP contribution is 2.21. The van der Waals surface area contributed by atoms with Gasteiger partial charge in [-0.1, -0.05) is 19.9 Å². The molecule has 0 aromatic heterocycles. The average molecular weight is 448 g/mol. The van der Waals surface area contributed by atoms with Crippen LogP contribution in [0.5, 0.6) is 0 Å².